The van der Waals surface area contributed by atoms with Gasteiger partial charge in [-0.15, -0.1) is 0 Å². The molecule has 3 aromatic carbocycles. The number of methoxy groups -OCH3 is 1. The molecule has 13 heteroatoms. The van der Waals surface area contributed by atoms with Crippen molar-refractivity contribution in [1.82, 2.24) is 9.97 Å². The topological polar surface area (TPSA) is 170 Å². The summed E-state index contributed by atoms with van der Waals surface area (Å²) >= 11 is 0. The highest BCUT2D eigenvalue weighted by Gasteiger charge is 2.53. The average Bonchev–Trinajstić information content (AvgIpc) is 3.76. The van der Waals surface area contributed by atoms with E-state index in [1.807, 2.05) is 36.4 Å². The minimum absolute atomic E-state index is 0.0868. The molecule has 0 aliphatic carbocycles. The van der Waals surface area contributed by atoms with Crippen LogP contribution in [-0.2, 0) is 46.1 Å². The molecule has 13 nitrogen and oxygen atoms in total. The highest BCUT2D eigenvalue weighted by Crippen LogP contribution is 2.33. The molecule has 4 heterocycles. The summed E-state index contributed by atoms with van der Waals surface area (Å²) in [5, 5.41) is 10.5. The van der Waals surface area contributed by atoms with Crippen LogP contribution in [0.3, 0.4) is 0 Å². The summed E-state index contributed by atoms with van der Waals surface area (Å²) in [5.41, 5.74) is 2.66. The number of benzene rings is 3. The van der Waals surface area contributed by atoms with Crippen LogP contribution in [0.15, 0.2) is 99.8 Å². The fraction of sp³-hybridized carbons (Fsp3) is 0.342. The van der Waals surface area contributed by atoms with Crippen molar-refractivity contribution in [2.75, 3.05) is 13.7 Å². The molecule has 1 saturated heterocycles. The zero-order valence-electron chi connectivity index (χ0n) is 27.7. The molecule has 51 heavy (non-hydrogen) atoms. The number of nitrogens with zero attached hydrogens (tertiary/aromatic N) is 2. The van der Waals surface area contributed by atoms with Crippen LogP contribution in [0.25, 0.3) is 22.2 Å². The van der Waals surface area contributed by atoms with E-state index in [0.717, 1.165) is 0 Å². The molecule has 0 saturated carbocycles. The maximum atomic E-state index is 14.1. The summed E-state index contributed by atoms with van der Waals surface area (Å²) in [6.45, 7) is -0.632. The average molecular weight is 697 g/mol. The lowest BCUT2D eigenvalue weighted by Gasteiger charge is -2.44. The Labute approximate surface area is 292 Å². The van der Waals surface area contributed by atoms with Gasteiger partial charge in [0, 0.05) is 20.0 Å². The monoisotopic (exact) mass is 696 g/mol. The molecule has 264 valence electrons. The van der Waals surface area contributed by atoms with Crippen molar-refractivity contribution in [2.24, 2.45) is 11.8 Å². The SMILES string of the molecule is CO[C@H]1O[C@H](CO)[C@H]2OC(=O)[C@@H](Cc3nc4ccccc4o3)CC=CC[C@H](Cc3nc4ccccc4o3)C(=O)O[C@@H]2[C@H]1OC(=O)c1ccccc1. The Morgan fingerprint density at radius 1 is 0.765 bits per heavy atom. The van der Waals surface area contributed by atoms with E-state index in [9.17, 15) is 19.5 Å². The van der Waals surface area contributed by atoms with Crippen LogP contribution in [0, 0.1) is 11.8 Å². The summed E-state index contributed by atoms with van der Waals surface area (Å²) in [5.74, 6) is -3.04. The fourth-order valence-electron chi connectivity index (χ4n) is 6.33. The fourth-order valence-corrected chi connectivity index (χ4v) is 6.33. The number of hydrogen-bond donors (Lipinski definition) is 1. The summed E-state index contributed by atoms with van der Waals surface area (Å²) in [6, 6.07) is 22.8. The molecule has 0 unspecified atom stereocenters. The highest BCUT2D eigenvalue weighted by molar-refractivity contribution is 5.89. The first-order chi connectivity index (χ1) is 24.9. The van der Waals surface area contributed by atoms with Crippen molar-refractivity contribution in [3.8, 4) is 0 Å². The molecule has 1 N–H and O–H groups in total. The number of para-hydroxylation sites is 4. The Hall–Kier alpha value is -5.37. The van der Waals surface area contributed by atoms with Gasteiger partial charge in [0.2, 0.25) is 0 Å². The zero-order chi connectivity index (χ0) is 35.3. The van der Waals surface area contributed by atoms with Gasteiger partial charge in [-0.3, -0.25) is 9.59 Å². The van der Waals surface area contributed by atoms with Crippen molar-refractivity contribution in [2.45, 2.75) is 56.4 Å². The zero-order valence-corrected chi connectivity index (χ0v) is 27.7. The minimum atomic E-state index is -1.44. The molecule has 1 fully saturated rings. The Morgan fingerprint density at radius 2 is 1.29 bits per heavy atom. The summed E-state index contributed by atoms with van der Waals surface area (Å²) in [6.07, 6.45) is -2.52. The molecule has 2 aromatic heterocycles. The second kappa shape index (κ2) is 15.3. The summed E-state index contributed by atoms with van der Waals surface area (Å²) in [7, 11) is 1.32. The molecule has 5 aromatic rings. The number of aliphatic hydroxyl groups is 1. The second-order valence-corrected chi connectivity index (χ2v) is 12.4. The molecule has 7 atom stereocenters. The van der Waals surface area contributed by atoms with Gasteiger partial charge in [-0.1, -0.05) is 54.6 Å². The number of fused-ring (bicyclic) bond motifs is 3. The van der Waals surface area contributed by atoms with Crippen LogP contribution in [0.2, 0.25) is 0 Å². The first-order valence-electron chi connectivity index (χ1n) is 16.7. The number of aliphatic hydroxyl groups excluding tert-OH is 1. The number of hydrogen-bond acceptors (Lipinski definition) is 13. The third-order valence-corrected chi connectivity index (χ3v) is 8.95. The number of rotatable bonds is 8. The lowest BCUT2D eigenvalue weighted by Crippen LogP contribution is -2.63. The normalized spacial score (nSPS) is 25.7. The first-order valence-corrected chi connectivity index (χ1v) is 16.7. The second-order valence-electron chi connectivity index (χ2n) is 12.4. The predicted octanol–water partition coefficient (Wildman–Crippen LogP) is 4.75. The molecular weight excluding hydrogens is 660 g/mol. The smallest absolute Gasteiger partial charge is 0.338 e. The van der Waals surface area contributed by atoms with Crippen molar-refractivity contribution >= 4 is 40.1 Å². The molecule has 0 spiro atoms. The number of ether oxygens (including phenoxy) is 5. The standard InChI is InChI=1S/C38H36N2O11/c1-45-38-34(51-35(42)22-11-3-2-4-12-22)33-32(29(21-41)48-38)49-36(43)23(19-30-39-25-15-7-9-17-27(25)46-30)13-5-6-14-24(37(44)50-33)20-31-40-26-16-8-10-18-28(26)47-31/h2-12,15-18,23-24,29,32-34,38,41H,13-14,19-21H2,1H3/t23-,24-,29-,32-,33+,34-,38+/m1/s1. The minimum Gasteiger partial charge on any atom is -0.455 e. The largest absolute Gasteiger partial charge is 0.455 e. The van der Waals surface area contributed by atoms with Gasteiger partial charge in [-0.2, -0.15) is 0 Å². The van der Waals surface area contributed by atoms with Crippen LogP contribution in [0.5, 0.6) is 0 Å². The van der Waals surface area contributed by atoms with Gasteiger partial charge in [0.15, 0.2) is 47.5 Å². The Balaban J connectivity index is 1.24. The van der Waals surface area contributed by atoms with E-state index in [0.29, 0.717) is 34.0 Å². The lowest BCUT2D eigenvalue weighted by atomic mass is 9.94. The van der Waals surface area contributed by atoms with Crippen LogP contribution in [0.1, 0.15) is 35.0 Å². The molecular formula is C38H36N2O11. The molecule has 7 rings (SSSR count). The van der Waals surface area contributed by atoms with Gasteiger partial charge >= 0.3 is 17.9 Å². The molecule has 0 bridgehead atoms. The number of allylic oxidation sites excluding steroid dienone is 2. The maximum absolute atomic E-state index is 14.1. The molecule has 2 aliphatic rings. The van der Waals surface area contributed by atoms with Crippen molar-refractivity contribution in [3.05, 3.63) is 108 Å². The van der Waals surface area contributed by atoms with Crippen LogP contribution < -0.4 is 0 Å². The predicted molar refractivity (Wildman–Crippen MR) is 179 cm³/mol. The highest BCUT2D eigenvalue weighted by atomic mass is 16.7. The van der Waals surface area contributed by atoms with E-state index in [4.69, 9.17) is 32.5 Å². The third kappa shape index (κ3) is 7.55. The molecule has 2 aliphatic heterocycles. The van der Waals surface area contributed by atoms with E-state index in [-0.39, 0.29) is 31.2 Å². The summed E-state index contributed by atoms with van der Waals surface area (Å²) in [4.78, 5) is 50.5. The van der Waals surface area contributed by atoms with E-state index in [1.54, 1.807) is 54.6 Å². The van der Waals surface area contributed by atoms with Crippen molar-refractivity contribution in [3.63, 3.8) is 0 Å². The quantitative estimate of drug-likeness (QED) is 0.134. The van der Waals surface area contributed by atoms with E-state index >= 15 is 0 Å². The Kier molecular flexibility index (Phi) is 10.2. The van der Waals surface area contributed by atoms with E-state index in [1.165, 1.54) is 7.11 Å². The van der Waals surface area contributed by atoms with Gasteiger partial charge < -0.3 is 37.6 Å². The maximum Gasteiger partial charge on any atom is 0.338 e. The molecule has 0 amide bonds. The third-order valence-electron chi connectivity index (χ3n) is 8.95. The number of carbonyl (C=O) groups excluding carboxylic acids is 3. The van der Waals surface area contributed by atoms with Crippen molar-refractivity contribution < 1.29 is 52.0 Å². The summed E-state index contributed by atoms with van der Waals surface area (Å²) < 4.78 is 41.5. The van der Waals surface area contributed by atoms with Gasteiger partial charge in [0.1, 0.15) is 17.1 Å². The number of oxazole rings is 2. The molecule has 0 radical (unpaired) electrons. The van der Waals surface area contributed by atoms with Gasteiger partial charge in [-0.25, -0.2) is 14.8 Å². The van der Waals surface area contributed by atoms with Gasteiger partial charge in [-0.05, 0) is 49.2 Å². The van der Waals surface area contributed by atoms with Crippen LogP contribution >= 0.6 is 0 Å². The number of esters is 3. The van der Waals surface area contributed by atoms with E-state index in [2.05, 4.69) is 9.97 Å². The Morgan fingerprint density at radius 3 is 1.82 bits per heavy atom. The van der Waals surface area contributed by atoms with Gasteiger partial charge in [0.05, 0.1) is 24.0 Å². The van der Waals surface area contributed by atoms with E-state index < -0.39 is 67.1 Å². The van der Waals surface area contributed by atoms with Crippen molar-refractivity contribution in [1.29, 1.82) is 0 Å². The first kappa shape index (κ1) is 34.1. The Bertz CT molecular complexity index is 1960. The van der Waals surface area contributed by atoms with Crippen LogP contribution in [0.4, 0.5) is 0 Å². The lowest BCUT2D eigenvalue weighted by molar-refractivity contribution is -0.300. The van der Waals surface area contributed by atoms with Crippen LogP contribution in [-0.4, -0.2) is 77.4 Å². The number of aromatic nitrogens is 2. The number of carbonyl (C=O) groups is 3. The van der Waals surface area contributed by atoms with Gasteiger partial charge in [0.25, 0.3) is 0 Å².